The third-order valence-corrected chi connectivity index (χ3v) is 5.25. The number of amides is 1. The smallest absolute Gasteiger partial charge is 0.314 e. The molecule has 1 amide bonds. The van der Waals surface area contributed by atoms with Gasteiger partial charge in [-0.3, -0.25) is 9.59 Å². The van der Waals surface area contributed by atoms with Gasteiger partial charge in [0.1, 0.15) is 0 Å². The number of carboxylic acid groups (broad SMARTS) is 1. The second-order valence-electron chi connectivity index (χ2n) is 6.60. The zero-order chi connectivity index (χ0) is 16.3. The van der Waals surface area contributed by atoms with Crippen LogP contribution in [-0.4, -0.2) is 35.0 Å². The minimum absolute atomic E-state index is 0.161. The monoisotopic (exact) mass is 313 g/mol. The van der Waals surface area contributed by atoms with E-state index in [1.165, 1.54) is 0 Å². The number of likely N-dealkylation sites (tertiary alicyclic amines) is 1. The van der Waals surface area contributed by atoms with Gasteiger partial charge in [0.25, 0.3) is 0 Å². The van der Waals surface area contributed by atoms with E-state index in [4.69, 9.17) is 0 Å². The number of carbonyl (C=O) groups excluding carboxylic acids is 1. The van der Waals surface area contributed by atoms with Gasteiger partial charge in [-0.05, 0) is 37.2 Å². The first kappa shape index (κ1) is 15.8. The molecule has 2 aliphatic rings. The van der Waals surface area contributed by atoms with Crippen LogP contribution in [0, 0.1) is 5.92 Å². The first-order valence-electron chi connectivity index (χ1n) is 8.35. The highest BCUT2D eigenvalue weighted by molar-refractivity contribution is 5.83. The molecule has 1 fully saturated rings. The molecule has 1 aliphatic heterocycles. The van der Waals surface area contributed by atoms with Crippen LogP contribution in [0.3, 0.4) is 0 Å². The summed E-state index contributed by atoms with van der Waals surface area (Å²) < 4.78 is 0. The second kappa shape index (κ2) is 6.57. The Kier molecular flexibility index (Phi) is 4.51. The van der Waals surface area contributed by atoms with E-state index in [9.17, 15) is 14.7 Å². The van der Waals surface area contributed by atoms with Crippen molar-refractivity contribution in [2.75, 3.05) is 13.1 Å². The van der Waals surface area contributed by atoms with Gasteiger partial charge >= 0.3 is 5.97 Å². The third kappa shape index (κ3) is 3.16. The lowest BCUT2D eigenvalue weighted by atomic mass is 9.72. The summed E-state index contributed by atoms with van der Waals surface area (Å²) in [6, 6.07) is 9.42. The predicted molar refractivity (Wildman–Crippen MR) is 88.1 cm³/mol. The molecule has 1 atom stereocenters. The number of aliphatic carboxylic acids is 1. The highest BCUT2D eigenvalue weighted by atomic mass is 16.4. The third-order valence-electron chi connectivity index (χ3n) is 5.25. The van der Waals surface area contributed by atoms with Crippen molar-refractivity contribution in [3.8, 4) is 0 Å². The molecule has 1 aromatic carbocycles. The molecule has 0 saturated carbocycles. The van der Waals surface area contributed by atoms with Gasteiger partial charge in [0.15, 0.2) is 0 Å². The number of hydrogen-bond acceptors (Lipinski definition) is 2. The normalized spacial score (nSPS) is 23.0. The Morgan fingerprint density at radius 1 is 1.17 bits per heavy atom. The fourth-order valence-corrected chi connectivity index (χ4v) is 3.74. The molecule has 0 radical (unpaired) electrons. The van der Waals surface area contributed by atoms with Gasteiger partial charge in [0.2, 0.25) is 5.91 Å². The van der Waals surface area contributed by atoms with Crippen LogP contribution >= 0.6 is 0 Å². The standard InChI is InChI=1S/C19H23NO3/c21-17(14-15-6-4-5-7-15)20-12-10-19(11-13-20,18(22)23)16-8-2-1-3-9-16/h1-4,6,8-9,15H,5,7,10-14H2,(H,22,23). The van der Waals surface area contributed by atoms with Crippen molar-refractivity contribution in [1.29, 1.82) is 0 Å². The lowest BCUT2D eigenvalue weighted by Gasteiger charge is -2.39. The molecule has 4 nitrogen and oxygen atoms in total. The molecule has 122 valence electrons. The summed E-state index contributed by atoms with van der Waals surface area (Å²) in [5.74, 6) is -0.258. The summed E-state index contributed by atoms with van der Waals surface area (Å²) in [6.45, 7) is 1.05. The molecular formula is C19H23NO3. The van der Waals surface area contributed by atoms with Gasteiger partial charge in [0.05, 0.1) is 5.41 Å². The molecule has 1 saturated heterocycles. The summed E-state index contributed by atoms with van der Waals surface area (Å²) in [4.78, 5) is 26.2. The number of nitrogens with zero attached hydrogens (tertiary/aromatic N) is 1. The molecule has 1 aromatic rings. The maximum Gasteiger partial charge on any atom is 0.314 e. The molecule has 0 spiro atoms. The lowest BCUT2D eigenvalue weighted by molar-refractivity contribution is -0.148. The van der Waals surface area contributed by atoms with Crippen LogP contribution in [0.2, 0.25) is 0 Å². The zero-order valence-corrected chi connectivity index (χ0v) is 13.3. The van der Waals surface area contributed by atoms with Gasteiger partial charge in [-0.2, -0.15) is 0 Å². The van der Waals surface area contributed by atoms with Crippen LogP contribution in [0.15, 0.2) is 42.5 Å². The maximum absolute atomic E-state index is 12.4. The average molecular weight is 313 g/mol. The van der Waals surface area contributed by atoms with Crippen molar-refractivity contribution in [2.24, 2.45) is 5.92 Å². The largest absolute Gasteiger partial charge is 0.481 e. The molecule has 0 aromatic heterocycles. The minimum Gasteiger partial charge on any atom is -0.481 e. The Morgan fingerprint density at radius 2 is 1.87 bits per heavy atom. The summed E-state index contributed by atoms with van der Waals surface area (Å²) in [6.07, 6.45) is 7.92. The highest BCUT2D eigenvalue weighted by Gasteiger charge is 2.43. The van der Waals surface area contributed by atoms with Gasteiger partial charge in [-0.1, -0.05) is 42.5 Å². The summed E-state index contributed by atoms with van der Waals surface area (Å²) in [7, 11) is 0. The summed E-state index contributed by atoms with van der Waals surface area (Å²) in [5, 5.41) is 9.78. The van der Waals surface area contributed by atoms with E-state index in [1.54, 1.807) is 0 Å². The molecular weight excluding hydrogens is 290 g/mol. The van der Waals surface area contributed by atoms with Crippen LogP contribution in [0.4, 0.5) is 0 Å². The number of carbonyl (C=O) groups is 2. The van der Waals surface area contributed by atoms with E-state index in [0.29, 0.717) is 38.3 Å². The van der Waals surface area contributed by atoms with Gasteiger partial charge in [-0.25, -0.2) is 0 Å². The van der Waals surface area contributed by atoms with Crippen molar-refractivity contribution in [1.82, 2.24) is 4.90 Å². The van der Waals surface area contributed by atoms with E-state index < -0.39 is 11.4 Å². The van der Waals surface area contributed by atoms with Gasteiger partial charge < -0.3 is 10.0 Å². The lowest BCUT2D eigenvalue weighted by Crippen LogP contribution is -2.49. The zero-order valence-electron chi connectivity index (χ0n) is 13.3. The molecule has 1 unspecified atom stereocenters. The molecule has 1 aliphatic carbocycles. The minimum atomic E-state index is -0.856. The molecule has 0 bridgehead atoms. The fourth-order valence-electron chi connectivity index (χ4n) is 3.74. The van der Waals surface area contributed by atoms with Crippen molar-refractivity contribution >= 4 is 11.9 Å². The number of rotatable bonds is 4. The Bertz CT molecular complexity index is 600. The molecule has 3 rings (SSSR count). The number of allylic oxidation sites excluding steroid dienone is 2. The van der Waals surface area contributed by atoms with Gasteiger partial charge in [0, 0.05) is 19.5 Å². The number of hydrogen-bond donors (Lipinski definition) is 1. The van der Waals surface area contributed by atoms with E-state index in [0.717, 1.165) is 18.4 Å². The van der Waals surface area contributed by atoms with Crippen LogP contribution in [0.5, 0.6) is 0 Å². The Labute approximate surface area is 136 Å². The number of piperidine rings is 1. The topological polar surface area (TPSA) is 57.6 Å². The maximum atomic E-state index is 12.4. The van der Waals surface area contributed by atoms with Crippen LogP contribution in [-0.2, 0) is 15.0 Å². The Hall–Kier alpha value is -2.10. The number of carboxylic acids is 1. The van der Waals surface area contributed by atoms with Gasteiger partial charge in [-0.15, -0.1) is 0 Å². The van der Waals surface area contributed by atoms with E-state index in [-0.39, 0.29) is 5.91 Å². The number of benzene rings is 1. The summed E-state index contributed by atoms with van der Waals surface area (Å²) >= 11 is 0. The first-order chi connectivity index (χ1) is 11.1. The molecule has 23 heavy (non-hydrogen) atoms. The van der Waals surface area contributed by atoms with Crippen molar-refractivity contribution in [3.63, 3.8) is 0 Å². The Balaban J connectivity index is 1.67. The molecule has 1 heterocycles. The average Bonchev–Trinajstić information content (AvgIpc) is 3.08. The Morgan fingerprint density at radius 3 is 2.43 bits per heavy atom. The highest BCUT2D eigenvalue weighted by Crippen LogP contribution is 2.36. The molecule has 1 N–H and O–H groups in total. The van der Waals surface area contributed by atoms with E-state index in [1.807, 2.05) is 35.2 Å². The van der Waals surface area contributed by atoms with Crippen molar-refractivity contribution in [3.05, 3.63) is 48.0 Å². The van der Waals surface area contributed by atoms with Crippen LogP contribution in [0.25, 0.3) is 0 Å². The quantitative estimate of drug-likeness (QED) is 0.869. The van der Waals surface area contributed by atoms with Crippen LogP contribution in [0.1, 0.15) is 37.7 Å². The van der Waals surface area contributed by atoms with Crippen molar-refractivity contribution < 1.29 is 14.7 Å². The second-order valence-corrected chi connectivity index (χ2v) is 6.60. The van der Waals surface area contributed by atoms with Crippen LogP contribution < -0.4 is 0 Å². The van der Waals surface area contributed by atoms with Crippen molar-refractivity contribution in [2.45, 2.75) is 37.5 Å². The predicted octanol–water partition coefficient (Wildman–Crippen LogP) is 2.99. The van der Waals surface area contributed by atoms with E-state index in [2.05, 4.69) is 12.2 Å². The van der Waals surface area contributed by atoms with E-state index >= 15 is 0 Å². The molecule has 4 heteroatoms. The first-order valence-corrected chi connectivity index (χ1v) is 8.35. The fraction of sp³-hybridized carbons (Fsp3) is 0.474. The SMILES string of the molecule is O=C(CC1C=CCC1)N1CCC(C(=O)O)(c2ccccc2)CC1. The summed E-state index contributed by atoms with van der Waals surface area (Å²) in [5.41, 5.74) is -0.0102.